The lowest BCUT2D eigenvalue weighted by molar-refractivity contribution is -0.121. The molecule has 2 aliphatic rings. The molecule has 27 heavy (non-hydrogen) atoms. The van der Waals surface area contributed by atoms with Crippen molar-refractivity contribution < 1.29 is 13.2 Å². The Morgan fingerprint density at radius 1 is 1.37 bits per heavy atom. The number of anilines is 1. The van der Waals surface area contributed by atoms with Crippen molar-refractivity contribution in [3.8, 4) is 0 Å². The Bertz CT molecular complexity index is 928. The third-order valence-electron chi connectivity index (χ3n) is 5.56. The van der Waals surface area contributed by atoms with E-state index in [9.17, 15) is 13.2 Å². The van der Waals surface area contributed by atoms with Crippen molar-refractivity contribution in [1.82, 2.24) is 9.29 Å². The summed E-state index contributed by atoms with van der Waals surface area (Å²) in [6.45, 7) is 2.48. The van der Waals surface area contributed by atoms with Gasteiger partial charge in [-0.1, -0.05) is 18.9 Å². The minimum atomic E-state index is -3.20. The van der Waals surface area contributed by atoms with E-state index in [4.69, 9.17) is 0 Å². The van der Waals surface area contributed by atoms with Crippen LogP contribution in [0.2, 0.25) is 0 Å². The first-order valence-corrected chi connectivity index (χ1v) is 12.6. The fourth-order valence-electron chi connectivity index (χ4n) is 3.98. The molecule has 2 aromatic rings. The van der Waals surface area contributed by atoms with Crippen LogP contribution in [0.15, 0.2) is 17.5 Å². The van der Waals surface area contributed by atoms with E-state index in [0.717, 1.165) is 41.1 Å². The summed E-state index contributed by atoms with van der Waals surface area (Å²) in [4.78, 5) is 19.8. The Labute approximate surface area is 167 Å². The number of rotatable bonds is 5. The van der Waals surface area contributed by atoms with E-state index in [1.807, 2.05) is 11.4 Å². The van der Waals surface area contributed by atoms with Gasteiger partial charge in [0.1, 0.15) is 0 Å². The minimum Gasteiger partial charge on any atom is -0.301 e. The van der Waals surface area contributed by atoms with E-state index >= 15 is 0 Å². The van der Waals surface area contributed by atoms with Crippen LogP contribution in [0.3, 0.4) is 0 Å². The number of amides is 1. The number of fused-ring (bicyclic) bond motifs is 1. The number of hydrogen-bond donors (Lipinski definition) is 1. The molecule has 1 fully saturated rings. The highest BCUT2D eigenvalue weighted by molar-refractivity contribution is 7.89. The second-order valence-electron chi connectivity index (χ2n) is 7.09. The predicted molar refractivity (Wildman–Crippen MR) is 109 cm³/mol. The van der Waals surface area contributed by atoms with Gasteiger partial charge in [0.25, 0.3) is 0 Å². The third kappa shape index (κ3) is 3.46. The number of aromatic nitrogens is 1. The van der Waals surface area contributed by atoms with Gasteiger partial charge in [-0.25, -0.2) is 13.4 Å². The van der Waals surface area contributed by atoms with E-state index in [-0.39, 0.29) is 11.7 Å². The Balaban J connectivity index is 1.54. The molecule has 0 atom stereocenters. The number of sulfonamides is 1. The van der Waals surface area contributed by atoms with Gasteiger partial charge < -0.3 is 5.32 Å². The zero-order valence-corrected chi connectivity index (χ0v) is 17.7. The average Bonchev–Trinajstić information content (AvgIpc) is 3.39. The monoisotopic (exact) mass is 425 g/mol. The van der Waals surface area contributed by atoms with Gasteiger partial charge in [-0.15, -0.1) is 22.7 Å². The van der Waals surface area contributed by atoms with Crippen molar-refractivity contribution >= 4 is 43.7 Å². The van der Waals surface area contributed by atoms with Gasteiger partial charge >= 0.3 is 0 Å². The van der Waals surface area contributed by atoms with Crippen LogP contribution in [0.4, 0.5) is 5.13 Å². The zero-order valence-electron chi connectivity index (χ0n) is 15.2. The van der Waals surface area contributed by atoms with E-state index in [0.29, 0.717) is 24.6 Å². The normalized spacial score (nSPS) is 19.7. The molecule has 0 bridgehead atoms. The molecule has 1 N–H and O–H groups in total. The largest absolute Gasteiger partial charge is 0.301 e. The van der Waals surface area contributed by atoms with Gasteiger partial charge in [0, 0.05) is 29.3 Å². The zero-order chi connectivity index (χ0) is 19.1. The molecule has 2 aromatic heterocycles. The molecule has 0 aromatic carbocycles. The summed E-state index contributed by atoms with van der Waals surface area (Å²) in [6.07, 6.45) is 4.45. The lowest BCUT2D eigenvalue weighted by Gasteiger charge is -2.25. The van der Waals surface area contributed by atoms with E-state index in [1.165, 1.54) is 15.6 Å². The molecule has 6 nitrogen and oxygen atoms in total. The van der Waals surface area contributed by atoms with Gasteiger partial charge in [-0.2, -0.15) is 4.31 Å². The molecule has 9 heteroatoms. The molecule has 1 aliphatic heterocycles. The maximum atomic E-state index is 13.2. The fraction of sp³-hybridized carbons (Fsp3) is 0.556. The molecule has 3 heterocycles. The van der Waals surface area contributed by atoms with Crippen molar-refractivity contribution in [2.45, 2.75) is 51.0 Å². The summed E-state index contributed by atoms with van der Waals surface area (Å²) in [7, 11) is -3.20. The molecule has 0 spiro atoms. The SMILES string of the molecule is CCS(=O)(=O)N1CCc2nc(NC(=O)C3(c4cccs4)CCCC3)sc2C1. The second kappa shape index (κ2) is 7.27. The lowest BCUT2D eigenvalue weighted by atomic mass is 9.83. The number of nitrogens with zero attached hydrogens (tertiary/aromatic N) is 2. The van der Waals surface area contributed by atoms with Crippen LogP contribution in [0, 0.1) is 0 Å². The third-order valence-corrected chi connectivity index (χ3v) is 9.46. The number of carbonyl (C=O) groups is 1. The highest BCUT2D eigenvalue weighted by Gasteiger charge is 2.44. The molecule has 0 radical (unpaired) electrons. The Hall–Kier alpha value is -1.29. The van der Waals surface area contributed by atoms with E-state index in [1.54, 1.807) is 18.3 Å². The maximum absolute atomic E-state index is 13.2. The van der Waals surface area contributed by atoms with Crippen molar-refractivity contribution in [3.63, 3.8) is 0 Å². The summed E-state index contributed by atoms with van der Waals surface area (Å²) < 4.78 is 25.8. The number of nitrogens with one attached hydrogen (secondary N) is 1. The lowest BCUT2D eigenvalue weighted by Crippen LogP contribution is -2.37. The molecule has 1 aliphatic carbocycles. The van der Waals surface area contributed by atoms with Gasteiger partial charge in [-0.3, -0.25) is 4.79 Å². The van der Waals surface area contributed by atoms with Crippen LogP contribution < -0.4 is 5.32 Å². The molecule has 0 saturated heterocycles. The van der Waals surface area contributed by atoms with Gasteiger partial charge in [0.2, 0.25) is 15.9 Å². The summed E-state index contributed by atoms with van der Waals surface area (Å²) in [5.41, 5.74) is 0.465. The highest BCUT2D eigenvalue weighted by atomic mass is 32.2. The van der Waals surface area contributed by atoms with Crippen LogP contribution in [-0.4, -0.2) is 35.9 Å². The van der Waals surface area contributed by atoms with Crippen LogP contribution in [-0.2, 0) is 33.2 Å². The molecule has 1 amide bonds. The summed E-state index contributed by atoms with van der Waals surface area (Å²) >= 11 is 3.04. The fourth-order valence-corrected chi connectivity index (χ4v) is 7.12. The number of hydrogen-bond acceptors (Lipinski definition) is 6. The van der Waals surface area contributed by atoms with Crippen molar-refractivity contribution in [3.05, 3.63) is 33.0 Å². The molecule has 0 unspecified atom stereocenters. The Kier molecular flexibility index (Phi) is 5.13. The van der Waals surface area contributed by atoms with Gasteiger partial charge in [-0.05, 0) is 31.2 Å². The van der Waals surface area contributed by atoms with E-state index in [2.05, 4.69) is 16.4 Å². The summed E-state index contributed by atoms with van der Waals surface area (Å²) in [5.74, 6) is 0.125. The number of thiazole rings is 1. The van der Waals surface area contributed by atoms with Crippen LogP contribution in [0.5, 0.6) is 0 Å². The minimum absolute atomic E-state index is 0.0200. The first kappa shape index (κ1) is 19.0. The smallest absolute Gasteiger partial charge is 0.237 e. The Morgan fingerprint density at radius 2 is 2.15 bits per heavy atom. The van der Waals surface area contributed by atoms with Crippen LogP contribution in [0.25, 0.3) is 0 Å². The van der Waals surface area contributed by atoms with Gasteiger partial charge in [0.05, 0.1) is 16.9 Å². The highest BCUT2D eigenvalue weighted by Crippen LogP contribution is 2.44. The van der Waals surface area contributed by atoms with E-state index < -0.39 is 15.4 Å². The quantitative estimate of drug-likeness (QED) is 0.797. The molecule has 146 valence electrons. The van der Waals surface area contributed by atoms with Crippen LogP contribution >= 0.6 is 22.7 Å². The van der Waals surface area contributed by atoms with Crippen molar-refractivity contribution in [1.29, 1.82) is 0 Å². The predicted octanol–water partition coefficient (Wildman–Crippen LogP) is 3.36. The summed E-state index contributed by atoms with van der Waals surface area (Å²) in [6, 6.07) is 4.05. The molecule has 4 rings (SSSR count). The topological polar surface area (TPSA) is 79.4 Å². The standard InChI is InChI=1S/C18H23N3O3S3/c1-2-27(23,24)21-10-7-13-14(12-21)26-17(19-13)20-16(22)18(8-3-4-9-18)15-6-5-11-25-15/h5-6,11H,2-4,7-10,12H2,1H3,(H,19,20,22). The van der Waals surface area contributed by atoms with Gasteiger partial charge in [0.15, 0.2) is 5.13 Å². The number of carbonyl (C=O) groups excluding carboxylic acids is 1. The van der Waals surface area contributed by atoms with Crippen molar-refractivity contribution in [2.24, 2.45) is 0 Å². The average molecular weight is 426 g/mol. The summed E-state index contributed by atoms with van der Waals surface area (Å²) in [5, 5.41) is 5.65. The second-order valence-corrected chi connectivity index (χ2v) is 11.4. The first-order chi connectivity index (χ1) is 12.9. The maximum Gasteiger partial charge on any atom is 0.237 e. The first-order valence-electron chi connectivity index (χ1n) is 9.26. The molecular formula is C18H23N3O3S3. The molecular weight excluding hydrogens is 402 g/mol. The number of thiophene rings is 1. The Morgan fingerprint density at radius 3 is 2.81 bits per heavy atom. The van der Waals surface area contributed by atoms with Crippen molar-refractivity contribution in [2.75, 3.05) is 17.6 Å². The molecule has 1 saturated carbocycles. The van der Waals surface area contributed by atoms with Crippen LogP contribution in [0.1, 0.15) is 48.1 Å².